The number of hydrogen-bond donors (Lipinski definition) is 0. The second-order valence-corrected chi connectivity index (χ2v) is 8.96. The lowest BCUT2D eigenvalue weighted by Crippen LogP contribution is -2.53. The average molecular weight is 447 g/mol. The Bertz CT molecular complexity index is 1070. The SMILES string of the molecule is COc1ccc(-c2noc(CN3CCN(C(=O)C4(c5ccccc5)CCCC4)CC3)n2)cc1. The summed E-state index contributed by atoms with van der Waals surface area (Å²) in [6, 6.07) is 18.0. The Labute approximate surface area is 194 Å². The third-order valence-electron chi connectivity index (χ3n) is 7.03. The van der Waals surface area contributed by atoms with Crippen LogP contribution in [-0.4, -0.2) is 59.1 Å². The van der Waals surface area contributed by atoms with Gasteiger partial charge in [0.25, 0.3) is 0 Å². The zero-order valence-corrected chi connectivity index (χ0v) is 19.1. The molecule has 2 fully saturated rings. The van der Waals surface area contributed by atoms with E-state index in [1.807, 2.05) is 42.5 Å². The van der Waals surface area contributed by atoms with Gasteiger partial charge < -0.3 is 14.2 Å². The molecule has 5 rings (SSSR count). The predicted molar refractivity (Wildman–Crippen MR) is 125 cm³/mol. The normalized spacial score (nSPS) is 18.4. The number of carbonyl (C=O) groups is 1. The molecule has 3 aromatic rings. The van der Waals surface area contributed by atoms with Gasteiger partial charge in [-0.3, -0.25) is 9.69 Å². The van der Waals surface area contributed by atoms with Crippen molar-refractivity contribution in [2.24, 2.45) is 0 Å². The topological polar surface area (TPSA) is 71.7 Å². The number of piperazine rings is 1. The Kier molecular flexibility index (Phi) is 6.13. The fourth-order valence-corrected chi connectivity index (χ4v) is 5.14. The van der Waals surface area contributed by atoms with Crippen LogP contribution in [0.15, 0.2) is 59.1 Å². The predicted octanol–water partition coefficient (Wildman–Crippen LogP) is 3.90. The Hall–Kier alpha value is -3.19. The first-order valence-electron chi connectivity index (χ1n) is 11.7. The molecular weight excluding hydrogens is 416 g/mol. The van der Waals surface area contributed by atoms with Crippen LogP contribution in [0.25, 0.3) is 11.4 Å². The van der Waals surface area contributed by atoms with E-state index >= 15 is 0 Å². The maximum absolute atomic E-state index is 13.7. The molecule has 0 atom stereocenters. The van der Waals surface area contributed by atoms with E-state index in [0.717, 1.165) is 63.2 Å². The van der Waals surface area contributed by atoms with Crippen molar-refractivity contribution in [3.63, 3.8) is 0 Å². The quantitative estimate of drug-likeness (QED) is 0.572. The molecule has 1 saturated carbocycles. The van der Waals surface area contributed by atoms with Crippen molar-refractivity contribution >= 4 is 5.91 Å². The van der Waals surface area contributed by atoms with Gasteiger partial charge in [0.05, 0.1) is 19.1 Å². The molecular formula is C26H30N4O3. The van der Waals surface area contributed by atoms with Crippen molar-refractivity contribution in [3.8, 4) is 17.1 Å². The number of hydrogen-bond acceptors (Lipinski definition) is 6. The van der Waals surface area contributed by atoms with Gasteiger partial charge in [0.15, 0.2) is 0 Å². The van der Waals surface area contributed by atoms with Crippen LogP contribution in [0.2, 0.25) is 0 Å². The molecule has 0 N–H and O–H groups in total. The zero-order chi connectivity index (χ0) is 22.7. The fourth-order valence-electron chi connectivity index (χ4n) is 5.14. The van der Waals surface area contributed by atoms with Gasteiger partial charge in [-0.15, -0.1) is 0 Å². The maximum Gasteiger partial charge on any atom is 0.241 e. The van der Waals surface area contributed by atoms with Crippen molar-refractivity contribution in [1.82, 2.24) is 19.9 Å². The summed E-state index contributed by atoms with van der Waals surface area (Å²) in [5.41, 5.74) is 1.72. The number of carbonyl (C=O) groups excluding carboxylic acids is 1. The molecule has 0 unspecified atom stereocenters. The fraction of sp³-hybridized carbons (Fsp3) is 0.423. The molecule has 1 saturated heterocycles. The van der Waals surface area contributed by atoms with E-state index in [-0.39, 0.29) is 5.41 Å². The summed E-state index contributed by atoms with van der Waals surface area (Å²) >= 11 is 0. The van der Waals surface area contributed by atoms with E-state index in [4.69, 9.17) is 9.26 Å². The summed E-state index contributed by atoms with van der Waals surface area (Å²) in [6.45, 7) is 3.66. The highest BCUT2D eigenvalue weighted by Crippen LogP contribution is 2.42. The highest BCUT2D eigenvalue weighted by molar-refractivity contribution is 5.88. The molecule has 1 aromatic heterocycles. The monoisotopic (exact) mass is 446 g/mol. The Morgan fingerprint density at radius 3 is 2.36 bits per heavy atom. The van der Waals surface area contributed by atoms with Gasteiger partial charge in [-0.2, -0.15) is 4.98 Å². The second-order valence-electron chi connectivity index (χ2n) is 8.96. The van der Waals surface area contributed by atoms with Crippen LogP contribution in [0.3, 0.4) is 0 Å². The molecule has 0 radical (unpaired) electrons. The number of amides is 1. The Balaban J connectivity index is 1.20. The number of rotatable bonds is 6. The lowest BCUT2D eigenvalue weighted by atomic mass is 9.77. The van der Waals surface area contributed by atoms with E-state index in [0.29, 0.717) is 24.2 Å². The maximum atomic E-state index is 13.7. The van der Waals surface area contributed by atoms with Crippen LogP contribution in [-0.2, 0) is 16.8 Å². The van der Waals surface area contributed by atoms with Crippen molar-refractivity contribution in [3.05, 3.63) is 66.1 Å². The molecule has 1 aliphatic carbocycles. The van der Waals surface area contributed by atoms with Gasteiger partial charge in [-0.1, -0.05) is 48.3 Å². The molecule has 0 spiro atoms. The Morgan fingerprint density at radius 2 is 1.70 bits per heavy atom. The zero-order valence-electron chi connectivity index (χ0n) is 19.1. The lowest BCUT2D eigenvalue weighted by molar-refractivity contribution is -0.139. The average Bonchev–Trinajstić information content (AvgIpc) is 3.56. The minimum absolute atomic E-state index is 0.297. The first kappa shape index (κ1) is 21.6. The summed E-state index contributed by atoms with van der Waals surface area (Å²) in [5.74, 6) is 2.26. The van der Waals surface area contributed by atoms with E-state index in [1.165, 1.54) is 5.56 Å². The molecule has 7 nitrogen and oxygen atoms in total. The van der Waals surface area contributed by atoms with Crippen LogP contribution in [0.4, 0.5) is 0 Å². The number of benzene rings is 2. The summed E-state index contributed by atoms with van der Waals surface area (Å²) in [6.07, 6.45) is 4.14. The van der Waals surface area contributed by atoms with Gasteiger partial charge in [0.2, 0.25) is 17.6 Å². The lowest BCUT2D eigenvalue weighted by Gasteiger charge is -2.39. The van der Waals surface area contributed by atoms with Gasteiger partial charge in [0, 0.05) is 31.7 Å². The van der Waals surface area contributed by atoms with Crippen molar-refractivity contribution in [2.75, 3.05) is 33.3 Å². The number of methoxy groups -OCH3 is 1. The largest absolute Gasteiger partial charge is 0.497 e. The Morgan fingerprint density at radius 1 is 1.00 bits per heavy atom. The smallest absolute Gasteiger partial charge is 0.241 e. The molecule has 2 heterocycles. The third kappa shape index (κ3) is 4.37. The molecule has 7 heteroatoms. The second kappa shape index (κ2) is 9.35. The van der Waals surface area contributed by atoms with Crippen LogP contribution in [0.1, 0.15) is 37.1 Å². The van der Waals surface area contributed by atoms with Crippen LogP contribution < -0.4 is 4.74 Å². The van der Waals surface area contributed by atoms with E-state index in [9.17, 15) is 4.79 Å². The summed E-state index contributed by atoms with van der Waals surface area (Å²) in [4.78, 5) is 22.5. The van der Waals surface area contributed by atoms with E-state index < -0.39 is 0 Å². The number of aromatic nitrogens is 2. The first-order chi connectivity index (χ1) is 16.2. The van der Waals surface area contributed by atoms with Gasteiger partial charge in [-0.05, 0) is 42.7 Å². The molecule has 2 aliphatic rings. The van der Waals surface area contributed by atoms with E-state index in [2.05, 4.69) is 32.1 Å². The highest BCUT2D eigenvalue weighted by Gasteiger charge is 2.45. The highest BCUT2D eigenvalue weighted by atomic mass is 16.5. The summed E-state index contributed by atoms with van der Waals surface area (Å²) in [5, 5.41) is 4.13. The van der Waals surface area contributed by atoms with E-state index in [1.54, 1.807) is 7.11 Å². The van der Waals surface area contributed by atoms with Crippen LogP contribution in [0, 0.1) is 0 Å². The van der Waals surface area contributed by atoms with Crippen molar-refractivity contribution in [2.45, 2.75) is 37.6 Å². The molecule has 172 valence electrons. The van der Waals surface area contributed by atoms with Gasteiger partial charge >= 0.3 is 0 Å². The molecule has 1 amide bonds. The van der Waals surface area contributed by atoms with Crippen LogP contribution in [0.5, 0.6) is 5.75 Å². The van der Waals surface area contributed by atoms with Gasteiger partial charge in [0.1, 0.15) is 5.75 Å². The number of nitrogens with zero attached hydrogens (tertiary/aromatic N) is 4. The molecule has 0 bridgehead atoms. The third-order valence-corrected chi connectivity index (χ3v) is 7.03. The molecule has 2 aromatic carbocycles. The van der Waals surface area contributed by atoms with Gasteiger partial charge in [-0.25, -0.2) is 0 Å². The summed E-state index contributed by atoms with van der Waals surface area (Å²) < 4.78 is 10.7. The first-order valence-corrected chi connectivity index (χ1v) is 11.7. The minimum atomic E-state index is -0.344. The number of ether oxygens (including phenoxy) is 1. The summed E-state index contributed by atoms with van der Waals surface area (Å²) in [7, 11) is 1.64. The molecule has 1 aliphatic heterocycles. The van der Waals surface area contributed by atoms with Crippen LogP contribution >= 0.6 is 0 Å². The molecule has 33 heavy (non-hydrogen) atoms. The minimum Gasteiger partial charge on any atom is -0.497 e. The van der Waals surface area contributed by atoms with Crippen molar-refractivity contribution < 1.29 is 14.1 Å². The van der Waals surface area contributed by atoms with Crippen molar-refractivity contribution in [1.29, 1.82) is 0 Å². The standard InChI is InChI=1S/C26H30N4O3/c1-32-22-11-9-20(10-12-22)24-27-23(33-28-24)19-29-15-17-30(18-16-29)25(31)26(13-5-6-14-26)21-7-3-2-4-8-21/h2-4,7-12H,5-6,13-19H2,1H3.